The van der Waals surface area contributed by atoms with E-state index >= 15 is 0 Å². The summed E-state index contributed by atoms with van der Waals surface area (Å²) in [7, 11) is 3.20. The van der Waals surface area contributed by atoms with E-state index in [1.165, 1.54) is 16.0 Å². The number of aromatic nitrogens is 2. The van der Waals surface area contributed by atoms with Crippen LogP contribution in [0.1, 0.15) is 5.56 Å². The molecule has 0 saturated carbocycles. The lowest BCUT2D eigenvalue weighted by atomic mass is 10.2. The van der Waals surface area contributed by atoms with Crippen LogP contribution in [0.4, 0.5) is 0 Å². The van der Waals surface area contributed by atoms with Gasteiger partial charge < -0.3 is 14.9 Å². The summed E-state index contributed by atoms with van der Waals surface area (Å²) in [5.74, 6) is 1.86. The summed E-state index contributed by atoms with van der Waals surface area (Å²) in [6.07, 6.45) is 0. The average molecular weight is 393 g/mol. The quantitative estimate of drug-likeness (QED) is 0.538. The molecule has 4 aromatic rings. The van der Waals surface area contributed by atoms with Gasteiger partial charge in [-0.2, -0.15) is 0 Å². The van der Waals surface area contributed by atoms with Gasteiger partial charge in [0, 0.05) is 5.56 Å². The van der Waals surface area contributed by atoms with Crippen molar-refractivity contribution in [2.24, 2.45) is 0 Å². The first-order chi connectivity index (χ1) is 13.7. The van der Waals surface area contributed by atoms with E-state index in [9.17, 15) is 4.79 Å². The highest BCUT2D eigenvalue weighted by molar-refractivity contribution is 7.13. The summed E-state index contributed by atoms with van der Waals surface area (Å²) in [6.45, 7) is 0.374. The first-order valence-corrected chi connectivity index (χ1v) is 9.60. The molecule has 6 nitrogen and oxygen atoms in total. The van der Waals surface area contributed by atoms with Crippen molar-refractivity contribution in [3.05, 3.63) is 75.9 Å². The van der Waals surface area contributed by atoms with Crippen molar-refractivity contribution in [2.45, 2.75) is 6.54 Å². The molecule has 0 aliphatic heterocycles. The van der Waals surface area contributed by atoms with E-state index in [-0.39, 0.29) is 5.56 Å². The number of methoxy groups -OCH3 is 2. The van der Waals surface area contributed by atoms with Gasteiger partial charge in [-0.1, -0.05) is 30.3 Å². The maximum absolute atomic E-state index is 13.2. The summed E-state index contributed by atoms with van der Waals surface area (Å²) in [4.78, 5) is 18.8. The average Bonchev–Trinajstić information content (AvgIpc) is 3.27. The van der Waals surface area contributed by atoms with Gasteiger partial charge in [-0.15, -0.1) is 11.3 Å². The molecule has 2 heterocycles. The van der Waals surface area contributed by atoms with E-state index in [1.54, 1.807) is 20.3 Å². The molecule has 0 spiro atoms. The second kappa shape index (κ2) is 7.74. The largest absolute Gasteiger partial charge is 0.493 e. The van der Waals surface area contributed by atoms with Crippen molar-refractivity contribution in [1.82, 2.24) is 9.66 Å². The second-order valence-corrected chi connectivity index (χ2v) is 7.01. The van der Waals surface area contributed by atoms with E-state index in [2.05, 4.69) is 5.43 Å². The molecule has 2 aromatic carbocycles. The van der Waals surface area contributed by atoms with Crippen molar-refractivity contribution >= 4 is 22.2 Å². The van der Waals surface area contributed by atoms with Gasteiger partial charge >= 0.3 is 0 Å². The fourth-order valence-corrected chi connectivity index (χ4v) is 3.81. The maximum Gasteiger partial charge on any atom is 0.280 e. The molecular weight excluding hydrogens is 374 g/mol. The van der Waals surface area contributed by atoms with Gasteiger partial charge in [-0.25, -0.2) is 9.66 Å². The third-order valence-electron chi connectivity index (χ3n) is 4.43. The lowest BCUT2D eigenvalue weighted by Crippen LogP contribution is -2.31. The zero-order valence-electron chi connectivity index (χ0n) is 15.5. The van der Waals surface area contributed by atoms with Gasteiger partial charge in [0.15, 0.2) is 17.3 Å². The molecule has 142 valence electrons. The minimum absolute atomic E-state index is 0.143. The topological polar surface area (TPSA) is 65.4 Å². The Balaban J connectivity index is 1.80. The lowest BCUT2D eigenvalue weighted by molar-refractivity contribution is 0.352. The van der Waals surface area contributed by atoms with Crippen LogP contribution >= 0.6 is 11.3 Å². The van der Waals surface area contributed by atoms with Crippen LogP contribution in [-0.2, 0) is 6.54 Å². The van der Waals surface area contributed by atoms with Gasteiger partial charge in [0.1, 0.15) is 0 Å². The number of ether oxygens (including phenoxy) is 2. The molecule has 0 aliphatic rings. The van der Waals surface area contributed by atoms with E-state index in [4.69, 9.17) is 14.5 Å². The van der Waals surface area contributed by atoms with Crippen LogP contribution in [0.5, 0.6) is 11.5 Å². The summed E-state index contributed by atoms with van der Waals surface area (Å²) < 4.78 is 12.4. The van der Waals surface area contributed by atoms with Crippen LogP contribution in [0.2, 0.25) is 0 Å². The van der Waals surface area contributed by atoms with E-state index < -0.39 is 0 Å². The normalized spacial score (nSPS) is 10.8. The van der Waals surface area contributed by atoms with Crippen molar-refractivity contribution in [2.75, 3.05) is 19.6 Å². The Morgan fingerprint density at radius 2 is 1.89 bits per heavy atom. The Kier molecular flexibility index (Phi) is 4.99. The third kappa shape index (κ3) is 3.20. The Morgan fingerprint density at radius 1 is 1.04 bits per heavy atom. The summed E-state index contributed by atoms with van der Waals surface area (Å²) in [5, 5.41) is 2.53. The third-order valence-corrected chi connectivity index (χ3v) is 5.30. The highest BCUT2D eigenvalue weighted by Crippen LogP contribution is 2.31. The minimum Gasteiger partial charge on any atom is -0.493 e. The SMILES string of the molecule is COc1cccc(CNn2c(-c3cccs3)nc3ccccc3c2=O)c1OC. The Hall–Kier alpha value is -3.32. The van der Waals surface area contributed by atoms with Gasteiger partial charge in [-0.05, 0) is 29.6 Å². The van der Waals surface area contributed by atoms with E-state index in [0.717, 1.165) is 10.4 Å². The molecule has 0 saturated heterocycles. The summed E-state index contributed by atoms with van der Waals surface area (Å²) in [5.41, 5.74) is 4.62. The van der Waals surface area contributed by atoms with Crippen LogP contribution in [0, 0.1) is 0 Å². The molecule has 4 rings (SSSR count). The zero-order valence-corrected chi connectivity index (χ0v) is 16.3. The van der Waals surface area contributed by atoms with Crippen LogP contribution in [0.25, 0.3) is 21.6 Å². The van der Waals surface area contributed by atoms with Crippen LogP contribution in [-0.4, -0.2) is 23.9 Å². The highest BCUT2D eigenvalue weighted by atomic mass is 32.1. The van der Waals surface area contributed by atoms with Gasteiger partial charge in [0.25, 0.3) is 5.56 Å². The number of hydrogen-bond donors (Lipinski definition) is 1. The van der Waals surface area contributed by atoms with Crippen molar-refractivity contribution < 1.29 is 9.47 Å². The standard InChI is InChI=1S/C21H19N3O3S/c1-26-17-10-5-7-14(19(17)27-2)13-22-24-20(18-11-6-12-28-18)23-16-9-4-3-8-15(16)21(24)25/h3-12,22H,13H2,1-2H3. The molecule has 2 aromatic heterocycles. The number of nitrogens with zero attached hydrogens (tertiary/aromatic N) is 2. The molecule has 0 aliphatic carbocycles. The molecule has 0 unspecified atom stereocenters. The van der Waals surface area contributed by atoms with Gasteiger partial charge in [-0.3, -0.25) is 4.79 Å². The zero-order chi connectivity index (χ0) is 19.5. The Bertz CT molecular complexity index is 1170. The number of benzene rings is 2. The minimum atomic E-state index is -0.143. The highest BCUT2D eigenvalue weighted by Gasteiger charge is 2.15. The van der Waals surface area contributed by atoms with Crippen molar-refractivity contribution in [1.29, 1.82) is 0 Å². The molecule has 0 atom stereocenters. The summed E-state index contributed by atoms with van der Waals surface area (Å²) in [6, 6.07) is 16.9. The van der Waals surface area contributed by atoms with Crippen molar-refractivity contribution in [3.8, 4) is 22.2 Å². The molecule has 1 N–H and O–H groups in total. The first kappa shape index (κ1) is 18.1. The fourth-order valence-electron chi connectivity index (χ4n) is 3.11. The second-order valence-electron chi connectivity index (χ2n) is 6.06. The number of thiophene rings is 1. The van der Waals surface area contributed by atoms with Gasteiger partial charge in [0.2, 0.25) is 0 Å². The monoisotopic (exact) mass is 393 g/mol. The van der Waals surface area contributed by atoms with Crippen LogP contribution in [0.15, 0.2) is 64.8 Å². The van der Waals surface area contributed by atoms with Gasteiger partial charge in [0.05, 0.1) is 36.5 Å². The fraction of sp³-hybridized carbons (Fsp3) is 0.143. The molecule has 0 radical (unpaired) electrons. The maximum atomic E-state index is 13.2. The Labute approximate surface area is 166 Å². The molecule has 28 heavy (non-hydrogen) atoms. The smallest absolute Gasteiger partial charge is 0.280 e. The predicted molar refractivity (Wildman–Crippen MR) is 112 cm³/mol. The van der Waals surface area contributed by atoms with E-state index in [1.807, 2.05) is 53.9 Å². The molecule has 0 fully saturated rings. The van der Waals surface area contributed by atoms with Crippen molar-refractivity contribution in [3.63, 3.8) is 0 Å². The number of rotatable bonds is 6. The Morgan fingerprint density at radius 3 is 2.64 bits per heavy atom. The predicted octanol–water partition coefficient (Wildman–Crippen LogP) is 3.89. The molecule has 0 bridgehead atoms. The lowest BCUT2D eigenvalue weighted by Gasteiger charge is -2.17. The van der Waals surface area contributed by atoms with Crippen LogP contribution < -0.4 is 20.5 Å². The molecule has 7 heteroatoms. The number of nitrogens with one attached hydrogen (secondary N) is 1. The molecule has 0 amide bonds. The molecular formula is C21H19N3O3S. The number of fused-ring (bicyclic) bond motifs is 1. The van der Waals surface area contributed by atoms with E-state index in [0.29, 0.717) is 34.8 Å². The number of para-hydroxylation sites is 2. The first-order valence-electron chi connectivity index (χ1n) is 8.72. The number of hydrogen-bond acceptors (Lipinski definition) is 6. The van der Waals surface area contributed by atoms with Crippen LogP contribution in [0.3, 0.4) is 0 Å². The summed E-state index contributed by atoms with van der Waals surface area (Å²) >= 11 is 1.54.